The highest BCUT2D eigenvalue weighted by molar-refractivity contribution is 6.00. The molecule has 3 saturated carbocycles. The molecule has 2 heterocycles. The van der Waals surface area contributed by atoms with Gasteiger partial charge in [0.15, 0.2) is 5.60 Å². The van der Waals surface area contributed by atoms with Crippen molar-refractivity contribution in [3.05, 3.63) is 54.6 Å². The summed E-state index contributed by atoms with van der Waals surface area (Å²) in [5, 5.41) is 11.5. The van der Waals surface area contributed by atoms with Gasteiger partial charge in [0.2, 0.25) is 0 Å². The zero-order valence-corrected chi connectivity index (χ0v) is 15.6. The zero-order chi connectivity index (χ0) is 18.7. The molecule has 1 N–H and O–H groups in total. The number of hydrogen-bond donors (Lipinski definition) is 1. The molecule has 3 aliphatic carbocycles. The van der Waals surface area contributed by atoms with Crippen LogP contribution in [0.15, 0.2) is 64.8 Å². The highest BCUT2D eigenvalue weighted by Gasteiger charge is 2.87. The first-order valence-electron chi connectivity index (χ1n) is 9.52. The summed E-state index contributed by atoms with van der Waals surface area (Å²) < 4.78 is 6.11. The molecule has 5 heteroatoms. The number of ether oxygens (including phenoxy) is 1. The number of carbonyl (C=O) groups is 1. The molecule has 2 aromatic rings. The van der Waals surface area contributed by atoms with Crippen molar-refractivity contribution in [2.45, 2.75) is 32.3 Å². The first-order valence-corrected chi connectivity index (χ1v) is 9.52. The first-order chi connectivity index (χ1) is 13.0. The average molecular weight is 361 g/mol. The summed E-state index contributed by atoms with van der Waals surface area (Å²) in [7, 11) is 0. The number of nitrogens with one attached hydrogen (secondary N) is 1. The fourth-order valence-electron chi connectivity index (χ4n) is 5.69. The van der Waals surface area contributed by atoms with Crippen LogP contribution in [0, 0.1) is 16.7 Å². The van der Waals surface area contributed by atoms with E-state index in [1.54, 1.807) is 0 Å². The molecule has 2 aliphatic heterocycles. The first kappa shape index (κ1) is 16.6. The predicted octanol–water partition coefficient (Wildman–Crippen LogP) is 5.25. The summed E-state index contributed by atoms with van der Waals surface area (Å²) in [6.45, 7) is 5.19. The Bertz CT molecular complexity index is 926. The van der Waals surface area contributed by atoms with Gasteiger partial charge in [0.25, 0.3) is 5.91 Å². The fourth-order valence-corrected chi connectivity index (χ4v) is 5.69. The van der Waals surface area contributed by atoms with Crippen LogP contribution in [0.3, 0.4) is 0 Å². The van der Waals surface area contributed by atoms with Gasteiger partial charge in [-0.2, -0.15) is 10.2 Å². The summed E-state index contributed by atoms with van der Waals surface area (Å²) in [5.41, 5.74) is 1.79. The number of nitrogens with zero attached hydrogens (tertiary/aromatic N) is 2. The van der Waals surface area contributed by atoms with Gasteiger partial charge in [-0.3, -0.25) is 4.79 Å². The van der Waals surface area contributed by atoms with E-state index in [0.29, 0.717) is 12.5 Å². The maximum Gasteiger partial charge on any atom is 0.257 e. The van der Waals surface area contributed by atoms with Crippen molar-refractivity contribution < 1.29 is 9.53 Å². The van der Waals surface area contributed by atoms with Crippen LogP contribution in [0.1, 0.15) is 26.7 Å². The van der Waals surface area contributed by atoms with Crippen molar-refractivity contribution >= 4 is 23.0 Å². The van der Waals surface area contributed by atoms with Gasteiger partial charge in [0.1, 0.15) is 0 Å². The van der Waals surface area contributed by atoms with Crippen LogP contribution >= 0.6 is 0 Å². The van der Waals surface area contributed by atoms with Gasteiger partial charge in [-0.05, 0) is 49.2 Å². The Morgan fingerprint density at radius 2 is 1.70 bits per heavy atom. The number of rotatable bonds is 4. The molecular weight excluding hydrogens is 338 g/mol. The Labute approximate surface area is 158 Å². The van der Waals surface area contributed by atoms with E-state index in [0.717, 1.165) is 29.9 Å². The van der Waals surface area contributed by atoms with Crippen LogP contribution in [0.4, 0.5) is 17.1 Å². The van der Waals surface area contributed by atoms with E-state index in [4.69, 9.17) is 4.74 Å². The Kier molecular flexibility index (Phi) is 3.38. The largest absolute Gasteiger partial charge is 0.364 e. The lowest BCUT2D eigenvalue weighted by Gasteiger charge is -2.58. The minimum absolute atomic E-state index is 0.00105. The molecule has 0 spiro atoms. The minimum Gasteiger partial charge on any atom is -0.364 e. The maximum absolute atomic E-state index is 13.1. The van der Waals surface area contributed by atoms with Gasteiger partial charge in [0.05, 0.1) is 18.0 Å². The zero-order valence-electron chi connectivity index (χ0n) is 15.6. The van der Waals surface area contributed by atoms with Crippen LogP contribution < -0.4 is 5.32 Å². The summed E-state index contributed by atoms with van der Waals surface area (Å²) in [6.07, 6.45) is 2.15. The summed E-state index contributed by atoms with van der Waals surface area (Å²) in [4.78, 5) is 13.1. The van der Waals surface area contributed by atoms with E-state index >= 15 is 0 Å². The normalized spacial score (nSPS) is 36.0. The maximum atomic E-state index is 13.1. The fraction of sp³-hybridized carbons (Fsp3) is 0.409. The molecule has 4 bridgehead atoms. The second-order valence-corrected chi connectivity index (χ2v) is 8.40. The molecule has 7 rings (SSSR count). The van der Waals surface area contributed by atoms with E-state index in [9.17, 15) is 4.79 Å². The quantitative estimate of drug-likeness (QED) is 0.756. The molecule has 0 radical (unpaired) electrons. The SMILES string of the molecule is C[C@]12CC[C@H]3[C@]1(C)CO[C@]32C(=O)Nc1ccc(N=Nc2ccccc2)cc1. The lowest BCUT2D eigenvalue weighted by molar-refractivity contribution is -0.176. The molecule has 1 amide bonds. The summed E-state index contributed by atoms with van der Waals surface area (Å²) in [5.74, 6) is 0.343. The molecule has 0 unspecified atom stereocenters. The van der Waals surface area contributed by atoms with Crippen molar-refractivity contribution in [2.24, 2.45) is 27.0 Å². The van der Waals surface area contributed by atoms with Gasteiger partial charge in [-0.15, -0.1) is 0 Å². The number of benzene rings is 2. The van der Waals surface area contributed by atoms with E-state index < -0.39 is 5.60 Å². The number of fused-ring (bicyclic) bond motifs is 2. The highest BCUT2D eigenvalue weighted by atomic mass is 16.5. The third kappa shape index (κ3) is 2.00. The van der Waals surface area contributed by atoms with Gasteiger partial charge < -0.3 is 10.1 Å². The molecule has 2 saturated heterocycles. The van der Waals surface area contributed by atoms with Gasteiger partial charge in [-0.1, -0.05) is 32.0 Å². The Morgan fingerprint density at radius 1 is 1.04 bits per heavy atom. The second kappa shape index (κ2) is 5.49. The van der Waals surface area contributed by atoms with Gasteiger partial charge in [0, 0.05) is 22.4 Å². The third-order valence-electron chi connectivity index (χ3n) is 7.37. The number of hydrogen-bond acceptors (Lipinski definition) is 4. The van der Waals surface area contributed by atoms with Crippen LogP contribution in [0.2, 0.25) is 0 Å². The van der Waals surface area contributed by atoms with E-state index in [1.165, 1.54) is 0 Å². The second-order valence-electron chi connectivity index (χ2n) is 8.40. The van der Waals surface area contributed by atoms with Crippen molar-refractivity contribution in [2.75, 3.05) is 11.9 Å². The van der Waals surface area contributed by atoms with E-state index in [2.05, 4.69) is 29.4 Å². The Balaban J connectivity index is 1.30. The van der Waals surface area contributed by atoms with Gasteiger partial charge in [-0.25, -0.2) is 0 Å². The van der Waals surface area contributed by atoms with E-state index in [-0.39, 0.29) is 16.7 Å². The van der Waals surface area contributed by atoms with Crippen LogP contribution in [0.25, 0.3) is 0 Å². The van der Waals surface area contributed by atoms with Crippen molar-refractivity contribution in [3.63, 3.8) is 0 Å². The monoisotopic (exact) mass is 361 g/mol. The van der Waals surface area contributed by atoms with Crippen LogP contribution in [-0.4, -0.2) is 18.1 Å². The van der Waals surface area contributed by atoms with Crippen molar-refractivity contribution in [1.29, 1.82) is 0 Å². The minimum atomic E-state index is -0.645. The Hall–Kier alpha value is -2.53. The lowest BCUT2D eigenvalue weighted by atomic mass is 9.44. The predicted molar refractivity (Wildman–Crippen MR) is 103 cm³/mol. The molecule has 27 heavy (non-hydrogen) atoms. The molecule has 5 nitrogen and oxygen atoms in total. The topological polar surface area (TPSA) is 63.0 Å². The summed E-state index contributed by atoms with van der Waals surface area (Å²) in [6, 6.07) is 17.1. The molecule has 5 fully saturated rings. The number of azo groups is 1. The lowest BCUT2D eigenvalue weighted by Crippen LogP contribution is -2.69. The smallest absolute Gasteiger partial charge is 0.257 e. The third-order valence-corrected chi connectivity index (χ3v) is 7.37. The Morgan fingerprint density at radius 3 is 2.33 bits per heavy atom. The standard InChI is InChI=1S/C22H23N3O2/c1-20-14-27-22(18(20)12-13-21(20,22)2)19(26)23-15-8-10-17(11-9-15)25-24-16-6-4-3-5-7-16/h3-11,18H,12-14H2,1-2H3,(H,23,26)/t18-,20-,21-,22-/m0/s1. The number of amides is 1. The average Bonchev–Trinajstić information content (AvgIpc) is 3.34. The molecular formula is C22H23N3O2. The van der Waals surface area contributed by atoms with Crippen LogP contribution in [0.5, 0.6) is 0 Å². The van der Waals surface area contributed by atoms with Gasteiger partial charge >= 0.3 is 0 Å². The molecule has 5 aliphatic rings. The van der Waals surface area contributed by atoms with Crippen molar-refractivity contribution in [3.8, 4) is 0 Å². The summed E-state index contributed by atoms with van der Waals surface area (Å²) >= 11 is 0. The van der Waals surface area contributed by atoms with Crippen molar-refractivity contribution in [1.82, 2.24) is 0 Å². The highest BCUT2D eigenvalue weighted by Crippen LogP contribution is 2.81. The van der Waals surface area contributed by atoms with Crippen LogP contribution in [-0.2, 0) is 9.53 Å². The molecule has 4 atom stereocenters. The molecule has 0 aromatic heterocycles. The van der Waals surface area contributed by atoms with E-state index in [1.807, 2.05) is 54.6 Å². The number of anilines is 1. The molecule has 2 aromatic carbocycles. The number of carbonyl (C=O) groups excluding carboxylic acids is 1. The molecule has 138 valence electrons.